The summed E-state index contributed by atoms with van der Waals surface area (Å²) >= 11 is 0. The highest BCUT2D eigenvalue weighted by molar-refractivity contribution is 5.02. The lowest BCUT2D eigenvalue weighted by Gasteiger charge is -2.46. The van der Waals surface area contributed by atoms with Gasteiger partial charge in [0.2, 0.25) is 0 Å². The summed E-state index contributed by atoms with van der Waals surface area (Å²) in [5, 5.41) is 69.4. The molecule has 0 aromatic rings. The van der Waals surface area contributed by atoms with Crippen molar-refractivity contribution in [2.24, 2.45) is 0 Å². The average molecular weight is 351 g/mol. The molecule has 0 amide bonds. The van der Waals surface area contributed by atoms with E-state index < -0.39 is 67.8 Å². The van der Waals surface area contributed by atoms with E-state index in [-0.39, 0.29) is 6.54 Å². The van der Waals surface area contributed by atoms with E-state index in [1.807, 2.05) is 0 Å². The van der Waals surface area contributed by atoms with Crippen molar-refractivity contribution in [2.45, 2.75) is 67.6 Å². The third-order valence-electron chi connectivity index (χ3n) is 5.15. The first-order valence-corrected chi connectivity index (χ1v) is 8.09. The van der Waals surface area contributed by atoms with Crippen LogP contribution in [-0.4, -0.2) is 122 Å². The van der Waals surface area contributed by atoms with Gasteiger partial charge >= 0.3 is 0 Å². The van der Waals surface area contributed by atoms with Crippen molar-refractivity contribution < 1.29 is 45.2 Å². The predicted octanol–water partition coefficient (Wildman–Crippen LogP) is -4.66. The van der Waals surface area contributed by atoms with Gasteiger partial charge in [-0.1, -0.05) is 0 Å². The molecule has 3 fully saturated rings. The normalized spacial score (nSPS) is 53.1. The van der Waals surface area contributed by atoms with Crippen molar-refractivity contribution in [3.8, 4) is 0 Å². The second kappa shape index (κ2) is 7.08. The summed E-state index contributed by atoms with van der Waals surface area (Å²) in [6.07, 6.45) is -11.1. The summed E-state index contributed by atoms with van der Waals surface area (Å²) in [5.41, 5.74) is 0. The van der Waals surface area contributed by atoms with Crippen molar-refractivity contribution in [1.29, 1.82) is 0 Å². The highest BCUT2D eigenvalue weighted by atomic mass is 16.7. The Bertz CT molecular complexity index is 438. The second-order valence-corrected chi connectivity index (χ2v) is 6.70. The van der Waals surface area contributed by atoms with E-state index in [4.69, 9.17) is 9.47 Å². The number of ether oxygens (including phenoxy) is 2. The lowest BCUT2D eigenvalue weighted by Crippen LogP contribution is -2.65. The molecule has 0 aromatic carbocycles. The molecule has 0 radical (unpaired) electrons. The molecule has 3 saturated heterocycles. The molecule has 3 heterocycles. The maximum atomic E-state index is 10.5. The lowest BCUT2D eigenvalue weighted by atomic mass is 9.92. The standard InChI is InChI=1S/C14H25NO9/c16-4-7-9(19)11(21)12(22)14(23-7)24-13-6(18)3-15-2-1-5(17)8(15)10(13)20/h5-14,16-22H,1-4H2/t5-,6?,7+,8?,9+,10?,11-,12+,13?,14-/m0/s1. The summed E-state index contributed by atoms with van der Waals surface area (Å²) < 4.78 is 10.7. The molecule has 7 N–H and O–H groups in total. The molecule has 10 nitrogen and oxygen atoms in total. The minimum Gasteiger partial charge on any atom is -0.394 e. The molecule has 0 spiro atoms. The van der Waals surface area contributed by atoms with Gasteiger partial charge in [-0.2, -0.15) is 0 Å². The van der Waals surface area contributed by atoms with Gasteiger partial charge in [-0.25, -0.2) is 0 Å². The van der Waals surface area contributed by atoms with E-state index in [1.54, 1.807) is 4.90 Å². The first-order valence-electron chi connectivity index (χ1n) is 8.09. The molecule has 0 bridgehead atoms. The fraction of sp³-hybridized carbons (Fsp3) is 1.00. The zero-order valence-corrected chi connectivity index (χ0v) is 13.0. The van der Waals surface area contributed by atoms with Gasteiger partial charge in [-0.3, -0.25) is 4.90 Å². The Kier molecular flexibility index (Phi) is 5.42. The van der Waals surface area contributed by atoms with Crippen molar-refractivity contribution in [3.05, 3.63) is 0 Å². The minimum atomic E-state index is -1.62. The smallest absolute Gasteiger partial charge is 0.187 e. The molecule has 0 saturated carbocycles. The number of aliphatic hydroxyl groups is 7. The SMILES string of the molecule is OC[C@H]1O[C@@H](OC2C(O)CN3CC[C@H](O)C3C2O)[C@H](O)[C@@H](O)[C@@H]1O. The van der Waals surface area contributed by atoms with Crippen LogP contribution in [0, 0.1) is 0 Å². The van der Waals surface area contributed by atoms with Gasteiger partial charge in [-0.05, 0) is 6.42 Å². The summed E-state index contributed by atoms with van der Waals surface area (Å²) in [7, 11) is 0. The lowest BCUT2D eigenvalue weighted by molar-refractivity contribution is -0.329. The first kappa shape index (κ1) is 18.4. The van der Waals surface area contributed by atoms with E-state index in [1.165, 1.54) is 0 Å². The zero-order valence-electron chi connectivity index (χ0n) is 13.0. The van der Waals surface area contributed by atoms with Crippen molar-refractivity contribution in [1.82, 2.24) is 4.90 Å². The molecule has 4 unspecified atom stereocenters. The first-order chi connectivity index (χ1) is 11.3. The van der Waals surface area contributed by atoms with Crippen LogP contribution in [0.5, 0.6) is 0 Å². The molecule has 140 valence electrons. The van der Waals surface area contributed by atoms with E-state index in [0.717, 1.165) is 0 Å². The van der Waals surface area contributed by atoms with E-state index in [9.17, 15) is 35.7 Å². The molecule has 3 rings (SSSR count). The Morgan fingerprint density at radius 1 is 0.917 bits per heavy atom. The third-order valence-corrected chi connectivity index (χ3v) is 5.15. The number of hydrogen-bond donors (Lipinski definition) is 7. The maximum Gasteiger partial charge on any atom is 0.187 e. The topological polar surface area (TPSA) is 163 Å². The van der Waals surface area contributed by atoms with E-state index in [2.05, 4.69) is 0 Å². The number of piperidine rings is 1. The van der Waals surface area contributed by atoms with Crippen LogP contribution in [0.4, 0.5) is 0 Å². The van der Waals surface area contributed by atoms with Crippen LogP contribution in [0.3, 0.4) is 0 Å². The molecule has 0 aromatic heterocycles. The Morgan fingerprint density at radius 3 is 2.29 bits per heavy atom. The number of aliphatic hydroxyl groups excluding tert-OH is 7. The van der Waals surface area contributed by atoms with Gasteiger partial charge in [0.05, 0.1) is 24.9 Å². The van der Waals surface area contributed by atoms with Crippen LogP contribution < -0.4 is 0 Å². The van der Waals surface area contributed by atoms with Gasteiger partial charge in [0.15, 0.2) is 6.29 Å². The van der Waals surface area contributed by atoms with Crippen LogP contribution in [-0.2, 0) is 9.47 Å². The molecule has 3 aliphatic rings. The van der Waals surface area contributed by atoms with Crippen molar-refractivity contribution in [2.75, 3.05) is 19.7 Å². The summed E-state index contributed by atoms with van der Waals surface area (Å²) in [4.78, 5) is 1.77. The van der Waals surface area contributed by atoms with Gasteiger partial charge in [-0.15, -0.1) is 0 Å². The van der Waals surface area contributed by atoms with Gasteiger partial charge < -0.3 is 45.2 Å². The van der Waals surface area contributed by atoms with Crippen LogP contribution >= 0.6 is 0 Å². The van der Waals surface area contributed by atoms with Crippen LogP contribution in [0.15, 0.2) is 0 Å². The summed E-state index contributed by atoms with van der Waals surface area (Å²) in [6, 6.07) is -0.594. The molecular formula is C14H25NO9. The predicted molar refractivity (Wildman–Crippen MR) is 76.6 cm³/mol. The summed E-state index contributed by atoms with van der Waals surface area (Å²) in [6.45, 7) is 0.128. The Hall–Kier alpha value is -0.400. The number of rotatable bonds is 3. The van der Waals surface area contributed by atoms with Crippen molar-refractivity contribution >= 4 is 0 Å². The molecule has 0 aliphatic carbocycles. The highest BCUT2D eigenvalue weighted by Crippen LogP contribution is 2.32. The Balaban J connectivity index is 1.72. The summed E-state index contributed by atoms with van der Waals surface area (Å²) in [5.74, 6) is 0. The quantitative estimate of drug-likeness (QED) is 0.263. The van der Waals surface area contributed by atoms with E-state index >= 15 is 0 Å². The van der Waals surface area contributed by atoms with Crippen LogP contribution in [0.25, 0.3) is 0 Å². The Labute approximate surface area is 138 Å². The second-order valence-electron chi connectivity index (χ2n) is 6.70. The number of hydrogen-bond acceptors (Lipinski definition) is 10. The molecule has 10 heteroatoms. The number of fused-ring (bicyclic) bond motifs is 1. The fourth-order valence-electron chi connectivity index (χ4n) is 3.79. The number of nitrogens with zero attached hydrogens (tertiary/aromatic N) is 1. The van der Waals surface area contributed by atoms with Gasteiger partial charge in [0.25, 0.3) is 0 Å². The average Bonchev–Trinajstić information content (AvgIpc) is 2.92. The van der Waals surface area contributed by atoms with Gasteiger partial charge in [0.1, 0.15) is 36.6 Å². The maximum absolute atomic E-state index is 10.5. The molecule has 24 heavy (non-hydrogen) atoms. The highest BCUT2D eigenvalue weighted by Gasteiger charge is 2.52. The minimum absolute atomic E-state index is 0.181. The van der Waals surface area contributed by atoms with Gasteiger partial charge in [0, 0.05) is 13.1 Å². The molecular weight excluding hydrogens is 326 g/mol. The molecule has 3 aliphatic heterocycles. The zero-order chi connectivity index (χ0) is 17.6. The monoisotopic (exact) mass is 351 g/mol. The van der Waals surface area contributed by atoms with Crippen molar-refractivity contribution in [3.63, 3.8) is 0 Å². The van der Waals surface area contributed by atoms with Crippen LogP contribution in [0.2, 0.25) is 0 Å². The van der Waals surface area contributed by atoms with Crippen LogP contribution in [0.1, 0.15) is 6.42 Å². The molecule has 10 atom stereocenters. The van der Waals surface area contributed by atoms with E-state index in [0.29, 0.717) is 13.0 Å². The third kappa shape index (κ3) is 3.07. The Morgan fingerprint density at radius 2 is 1.62 bits per heavy atom. The fourth-order valence-corrected chi connectivity index (χ4v) is 3.79. The largest absolute Gasteiger partial charge is 0.394 e.